The Kier molecular flexibility index (Phi) is 5.06. The molecule has 18 heavy (non-hydrogen) atoms. The summed E-state index contributed by atoms with van der Waals surface area (Å²) < 4.78 is 39.4. The van der Waals surface area contributed by atoms with Crippen LogP contribution in [0, 0.1) is 12.7 Å². The van der Waals surface area contributed by atoms with Crippen LogP contribution in [0.25, 0.3) is 0 Å². The number of aliphatic hydroxyl groups excluding tert-OH is 1. The number of nitrogens with two attached hydrogens (primary N) is 1. The zero-order valence-electron chi connectivity index (χ0n) is 10.1. The molecule has 4 N–H and O–H groups in total. The molecule has 1 aromatic rings. The lowest BCUT2D eigenvalue weighted by atomic mass is 10.2. The first-order valence-electron chi connectivity index (χ1n) is 5.54. The molecule has 0 aliphatic rings. The molecular formula is C11H17FN2O3S. The molecule has 0 bridgehead atoms. The standard InChI is InChI=1S/C11H17FN2O3S/c1-8-6-9(7-10(13)11(8)12)18(16,17)14-4-2-3-5-15/h6-7,14-15H,2-5,13H2,1H3. The van der Waals surface area contributed by atoms with E-state index in [-0.39, 0.29) is 29.3 Å². The normalized spacial score (nSPS) is 11.7. The van der Waals surface area contributed by atoms with Crippen LogP contribution in [0.3, 0.4) is 0 Å². The van der Waals surface area contributed by atoms with Gasteiger partial charge in [0.25, 0.3) is 0 Å². The smallest absolute Gasteiger partial charge is 0.240 e. The molecule has 102 valence electrons. The lowest BCUT2D eigenvalue weighted by Crippen LogP contribution is -2.25. The Morgan fingerprint density at radius 2 is 2.06 bits per heavy atom. The van der Waals surface area contributed by atoms with Crippen LogP contribution in [0.15, 0.2) is 17.0 Å². The van der Waals surface area contributed by atoms with Crippen LogP contribution in [-0.4, -0.2) is 26.7 Å². The maximum atomic E-state index is 13.3. The fourth-order valence-corrected chi connectivity index (χ4v) is 2.64. The van der Waals surface area contributed by atoms with Gasteiger partial charge in [0.15, 0.2) is 0 Å². The number of hydrogen-bond donors (Lipinski definition) is 3. The summed E-state index contributed by atoms with van der Waals surface area (Å²) in [4.78, 5) is -0.0529. The molecule has 0 aliphatic heterocycles. The first kappa shape index (κ1) is 14.9. The number of aryl methyl sites for hydroxylation is 1. The molecule has 0 saturated heterocycles. The molecule has 1 aromatic carbocycles. The maximum absolute atomic E-state index is 13.3. The van der Waals surface area contributed by atoms with E-state index in [0.29, 0.717) is 12.8 Å². The predicted molar refractivity (Wildman–Crippen MR) is 67.1 cm³/mol. The Hall–Kier alpha value is -1.18. The maximum Gasteiger partial charge on any atom is 0.240 e. The van der Waals surface area contributed by atoms with Gasteiger partial charge in [0.05, 0.1) is 10.6 Å². The number of hydrogen-bond acceptors (Lipinski definition) is 4. The molecule has 0 atom stereocenters. The number of rotatable bonds is 6. The molecule has 0 heterocycles. The quantitative estimate of drug-likeness (QED) is 0.528. The highest BCUT2D eigenvalue weighted by Crippen LogP contribution is 2.20. The minimum absolute atomic E-state index is 0.0182. The number of halogens is 1. The van der Waals surface area contributed by atoms with Gasteiger partial charge in [-0.1, -0.05) is 0 Å². The van der Waals surface area contributed by atoms with Crippen LogP contribution < -0.4 is 10.5 Å². The van der Waals surface area contributed by atoms with Crippen LogP contribution in [0.5, 0.6) is 0 Å². The predicted octanol–water partition coefficient (Wildman–Crippen LogP) is 0.767. The number of nitrogen functional groups attached to an aromatic ring is 1. The van der Waals surface area contributed by atoms with E-state index in [9.17, 15) is 12.8 Å². The third kappa shape index (κ3) is 3.66. The van der Waals surface area contributed by atoms with Gasteiger partial charge in [0, 0.05) is 13.2 Å². The van der Waals surface area contributed by atoms with Crippen molar-refractivity contribution in [3.8, 4) is 0 Å². The summed E-state index contributed by atoms with van der Waals surface area (Å²) in [6.45, 7) is 1.69. The second-order valence-corrected chi connectivity index (χ2v) is 5.74. The van der Waals surface area contributed by atoms with Crippen molar-refractivity contribution >= 4 is 15.7 Å². The monoisotopic (exact) mass is 276 g/mol. The third-order valence-electron chi connectivity index (χ3n) is 2.44. The molecule has 0 radical (unpaired) electrons. The van der Waals surface area contributed by atoms with Crippen molar-refractivity contribution in [2.45, 2.75) is 24.7 Å². The SMILES string of the molecule is Cc1cc(S(=O)(=O)NCCCCO)cc(N)c1F. The largest absolute Gasteiger partial charge is 0.396 e. The average molecular weight is 276 g/mol. The van der Waals surface area contributed by atoms with Crippen LogP contribution in [0.4, 0.5) is 10.1 Å². The third-order valence-corrected chi connectivity index (χ3v) is 3.88. The Morgan fingerprint density at radius 1 is 1.39 bits per heavy atom. The van der Waals surface area contributed by atoms with Crippen LogP contribution in [0.2, 0.25) is 0 Å². The summed E-state index contributed by atoms with van der Waals surface area (Å²) in [5.74, 6) is -0.603. The van der Waals surface area contributed by atoms with E-state index in [2.05, 4.69) is 4.72 Å². The van der Waals surface area contributed by atoms with Crippen molar-refractivity contribution in [2.75, 3.05) is 18.9 Å². The average Bonchev–Trinajstić information content (AvgIpc) is 2.31. The lowest BCUT2D eigenvalue weighted by Gasteiger charge is -2.09. The summed E-state index contributed by atoms with van der Waals surface area (Å²) >= 11 is 0. The molecule has 0 spiro atoms. The zero-order valence-corrected chi connectivity index (χ0v) is 10.9. The highest BCUT2D eigenvalue weighted by Gasteiger charge is 2.16. The highest BCUT2D eigenvalue weighted by atomic mass is 32.2. The molecule has 0 amide bonds. The summed E-state index contributed by atoms with van der Waals surface area (Å²) in [6.07, 6.45) is 1.05. The zero-order chi connectivity index (χ0) is 13.8. The summed E-state index contributed by atoms with van der Waals surface area (Å²) in [6, 6.07) is 2.33. The van der Waals surface area contributed by atoms with Gasteiger partial charge in [-0.15, -0.1) is 0 Å². The van der Waals surface area contributed by atoms with E-state index in [0.717, 1.165) is 6.07 Å². The molecule has 0 aliphatic carbocycles. The fraction of sp³-hybridized carbons (Fsp3) is 0.455. The summed E-state index contributed by atoms with van der Waals surface area (Å²) in [5.41, 5.74) is 5.39. The van der Waals surface area contributed by atoms with Crippen molar-refractivity contribution in [3.05, 3.63) is 23.5 Å². The van der Waals surface area contributed by atoms with Crippen molar-refractivity contribution < 1.29 is 17.9 Å². The second kappa shape index (κ2) is 6.12. The van der Waals surface area contributed by atoms with E-state index >= 15 is 0 Å². The van der Waals surface area contributed by atoms with Crippen molar-refractivity contribution in [2.24, 2.45) is 0 Å². The fourth-order valence-electron chi connectivity index (χ4n) is 1.44. The van der Waals surface area contributed by atoms with Crippen LogP contribution in [0.1, 0.15) is 18.4 Å². The van der Waals surface area contributed by atoms with Gasteiger partial charge >= 0.3 is 0 Å². The number of nitrogens with one attached hydrogen (secondary N) is 1. The van der Waals surface area contributed by atoms with Gasteiger partial charge in [-0.05, 0) is 37.5 Å². The van der Waals surface area contributed by atoms with E-state index < -0.39 is 15.8 Å². The Balaban J connectivity index is 2.85. The van der Waals surface area contributed by atoms with E-state index in [1.807, 2.05) is 0 Å². The first-order valence-corrected chi connectivity index (χ1v) is 7.03. The topological polar surface area (TPSA) is 92.4 Å². The van der Waals surface area contributed by atoms with Crippen LogP contribution in [-0.2, 0) is 10.0 Å². The van der Waals surface area contributed by atoms with Gasteiger partial charge in [0.1, 0.15) is 5.82 Å². The van der Waals surface area contributed by atoms with Crippen molar-refractivity contribution in [1.29, 1.82) is 0 Å². The molecule has 1 rings (SSSR count). The number of unbranched alkanes of at least 4 members (excludes halogenated alkanes) is 1. The van der Waals surface area contributed by atoms with E-state index in [4.69, 9.17) is 10.8 Å². The number of aliphatic hydroxyl groups is 1. The molecule has 0 unspecified atom stereocenters. The molecule has 0 saturated carbocycles. The van der Waals surface area contributed by atoms with E-state index in [1.165, 1.54) is 13.0 Å². The van der Waals surface area contributed by atoms with Gasteiger partial charge in [-0.3, -0.25) is 0 Å². The minimum atomic E-state index is -3.68. The first-order chi connectivity index (χ1) is 8.38. The lowest BCUT2D eigenvalue weighted by molar-refractivity contribution is 0.285. The van der Waals surface area contributed by atoms with Gasteiger partial charge in [-0.2, -0.15) is 0 Å². The number of benzene rings is 1. The molecule has 7 heteroatoms. The molecule has 5 nitrogen and oxygen atoms in total. The summed E-state index contributed by atoms with van der Waals surface area (Å²) in [5, 5.41) is 8.58. The molecule has 0 aromatic heterocycles. The van der Waals surface area contributed by atoms with Crippen molar-refractivity contribution in [1.82, 2.24) is 4.72 Å². The Morgan fingerprint density at radius 3 is 2.61 bits per heavy atom. The van der Waals surface area contributed by atoms with Gasteiger partial charge in [0.2, 0.25) is 10.0 Å². The second-order valence-electron chi connectivity index (χ2n) is 3.97. The van der Waals surface area contributed by atoms with E-state index in [1.54, 1.807) is 0 Å². The number of sulfonamides is 1. The van der Waals surface area contributed by atoms with Gasteiger partial charge in [-0.25, -0.2) is 17.5 Å². The number of anilines is 1. The van der Waals surface area contributed by atoms with Crippen molar-refractivity contribution in [3.63, 3.8) is 0 Å². The molecular weight excluding hydrogens is 259 g/mol. The molecule has 0 fully saturated rings. The highest BCUT2D eigenvalue weighted by molar-refractivity contribution is 7.89. The van der Waals surface area contributed by atoms with Gasteiger partial charge < -0.3 is 10.8 Å². The Labute approximate surface area is 106 Å². The van der Waals surface area contributed by atoms with Crippen LogP contribution >= 0.6 is 0 Å². The Bertz CT molecular complexity index is 494. The summed E-state index contributed by atoms with van der Waals surface area (Å²) in [7, 11) is -3.68. The minimum Gasteiger partial charge on any atom is -0.396 e.